The average molecular weight is 371 g/mol. The molecule has 0 fully saturated rings. The number of hydrogen-bond donors (Lipinski definition) is 3. The van der Waals surface area contributed by atoms with Gasteiger partial charge in [-0.25, -0.2) is 4.79 Å². The number of benzene rings is 3. The van der Waals surface area contributed by atoms with E-state index in [0.29, 0.717) is 18.0 Å². The smallest absolute Gasteiger partial charge is 0.319 e. The molecule has 0 saturated heterocycles. The van der Waals surface area contributed by atoms with Crippen molar-refractivity contribution in [2.45, 2.75) is 6.42 Å². The predicted octanol–water partition coefficient (Wildman–Crippen LogP) is 5.32. The Kier molecular flexibility index (Phi) is 5.24. The number of para-hydroxylation sites is 4. The van der Waals surface area contributed by atoms with Crippen LogP contribution in [0.4, 0.5) is 10.5 Å². The molecule has 0 bridgehead atoms. The summed E-state index contributed by atoms with van der Waals surface area (Å²) < 4.78 is 5.88. The number of nitrogens with one attached hydrogen (secondary N) is 3. The number of hydrogen-bond acceptors (Lipinski definition) is 2. The SMILES string of the molecule is O=C(NCCc1c[nH]c2ccccc12)Nc1ccccc1Oc1ccccc1. The first kappa shape index (κ1) is 17.7. The van der Waals surface area contributed by atoms with Gasteiger partial charge in [-0.2, -0.15) is 0 Å². The molecule has 1 aromatic heterocycles. The number of urea groups is 1. The fourth-order valence-corrected chi connectivity index (χ4v) is 3.09. The van der Waals surface area contributed by atoms with Crippen LogP contribution in [0.3, 0.4) is 0 Å². The van der Waals surface area contributed by atoms with Crippen molar-refractivity contribution < 1.29 is 9.53 Å². The van der Waals surface area contributed by atoms with Crippen LogP contribution in [0.2, 0.25) is 0 Å². The summed E-state index contributed by atoms with van der Waals surface area (Å²) in [5.41, 5.74) is 2.91. The van der Waals surface area contributed by atoms with Crippen LogP contribution in [0.15, 0.2) is 85.1 Å². The van der Waals surface area contributed by atoms with Gasteiger partial charge in [0.05, 0.1) is 5.69 Å². The van der Waals surface area contributed by atoms with E-state index in [4.69, 9.17) is 4.74 Å². The van der Waals surface area contributed by atoms with E-state index in [1.807, 2.05) is 79.0 Å². The van der Waals surface area contributed by atoms with Crippen LogP contribution in [-0.4, -0.2) is 17.6 Å². The molecule has 5 heteroatoms. The van der Waals surface area contributed by atoms with E-state index in [0.717, 1.165) is 17.7 Å². The van der Waals surface area contributed by atoms with E-state index < -0.39 is 0 Å². The molecule has 0 aliphatic rings. The summed E-state index contributed by atoms with van der Waals surface area (Å²) in [4.78, 5) is 15.6. The molecule has 5 nitrogen and oxygen atoms in total. The van der Waals surface area contributed by atoms with Gasteiger partial charge in [0.1, 0.15) is 5.75 Å². The lowest BCUT2D eigenvalue weighted by molar-refractivity contribution is 0.252. The number of amides is 2. The number of ether oxygens (including phenoxy) is 1. The van der Waals surface area contributed by atoms with Gasteiger partial charge in [0.25, 0.3) is 0 Å². The topological polar surface area (TPSA) is 66.2 Å². The number of fused-ring (bicyclic) bond motifs is 1. The third kappa shape index (κ3) is 4.15. The lowest BCUT2D eigenvalue weighted by atomic mass is 10.1. The summed E-state index contributed by atoms with van der Waals surface area (Å²) in [5.74, 6) is 1.32. The highest BCUT2D eigenvalue weighted by Gasteiger charge is 2.09. The Morgan fingerprint density at radius 2 is 1.64 bits per heavy atom. The minimum atomic E-state index is -0.260. The Balaban J connectivity index is 1.35. The first-order valence-corrected chi connectivity index (χ1v) is 9.21. The Bertz CT molecular complexity index is 1070. The maximum atomic E-state index is 12.3. The molecule has 140 valence electrons. The van der Waals surface area contributed by atoms with E-state index in [2.05, 4.69) is 21.7 Å². The molecule has 0 spiro atoms. The summed E-state index contributed by atoms with van der Waals surface area (Å²) in [6.45, 7) is 0.537. The first-order valence-electron chi connectivity index (χ1n) is 9.21. The van der Waals surface area contributed by atoms with Crippen molar-refractivity contribution in [3.8, 4) is 11.5 Å². The maximum absolute atomic E-state index is 12.3. The average Bonchev–Trinajstić information content (AvgIpc) is 3.14. The first-order chi connectivity index (χ1) is 13.8. The Morgan fingerprint density at radius 3 is 2.54 bits per heavy atom. The third-order valence-electron chi connectivity index (χ3n) is 4.46. The van der Waals surface area contributed by atoms with Crippen LogP contribution < -0.4 is 15.4 Å². The second-order valence-electron chi connectivity index (χ2n) is 6.40. The Labute approximate surface area is 163 Å². The van der Waals surface area contributed by atoms with Crippen molar-refractivity contribution in [2.75, 3.05) is 11.9 Å². The third-order valence-corrected chi connectivity index (χ3v) is 4.46. The molecule has 0 aliphatic carbocycles. The minimum Gasteiger partial charge on any atom is -0.455 e. The summed E-state index contributed by atoms with van der Waals surface area (Å²) >= 11 is 0. The Hall–Kier alpha value is -3.73. The summed E-state index contributed by atoms with van der Waals surface area (Å²) in [6, 6.07) is 24.8. The molecule has 3 N–H and O–H groups in total. The molecule has 0 saturated carbocycles. The van der Waals surface area contributed by atoms with Gasteiger partial charge in [0, 0.05) is 23.6 Å². The van der Waals surface area contributed by atoms with Crippen molar-refractivity contribution in [1.29, 1.82) is 0 Å². The molecule has 4 aromatic rings. The number of H-pyrrole nitrogens is 1. The van der Waals surface area contributed by atoms with E-state index in [-0.39, 0.29) is 6.03 Å². The van der Waals surface area contributed by atoms with Crippen LogP contribution in [0, 0.1) is 0 Å². The summed E-state index contributed by atoms with van der Waals surface area (Å²) in [7, 11) is 0. The van der Waals surface area contributed by atoms with E-state index in [1.54, 1.807) is 0 Å². The van der Waals surface area contributed by atoms with Crippen LogP contribution >= 0.6 is 0 Å². The highest BCUT2D eigenvalue weighted by molar-refractivity contribution is 5.91. The predicted molar refractivity (Wildman–Crippen MR) is 112 cm³/mol. The number of carbonyl (C=O) groups excluding carboxylic acids is 1. The van der Waals surface area contributed by atoms with Gasteiger partial charge in [0.15, 0.2) is 5.75 Å². The van der Waals surface area contributed by atoms with Crippen molar-refractivity contribution in [2.24, 2.45) is 0 Å². The van der Waals surface area contributed by atoms with Gasteiger partial charge in [-0.15, -0.1) is 0 Å². The molecule has 1 heterocycles. The van der Waals surface area contributed by atoms with Gasteiger partial charge < -0.3 is 20.4 Å². The molecule has 0 aliphatic heterocycles. The zero-order valence-corrected chi connectivity index (χ0v) is 15.3. The van der Waals surface area contributed by atoms with Crippen molar-refractivity contribution >= 4 is 22.6 Å². The van der Waals surface area contributed by atoms with Crippen molar-refractivity contribution in [3.63, 3.8) is 0 Å². The highest BCUT2D eigenvalue weighted by atomic mass is 16.5. The maximum Gasteiger partial charge on any atom is 0.319 e. The van der Waals surface area contributed by atoms with Gasteiger partial charge in [-0.1, -0.05) is 48.5 Å². The van der Waals surface area contributed by atoms with Crippen LogP contribution in [0.1, 0.15) is 5.56 Å². The zero-order valence-electron chi connectivity index (χ0n) is 15.3. The lowest BCUT2D eigenvalue weighted by Gasteiger charge is -2.12. The van der Waals surface area contributed by atoms with E-state index in [9.17, 15) is 4.79 Å². The molecular formula is C23H21N3O2. The summed E-state index contributed by atoms with van der Waals surface area (Å²) in [5, 5.41) is 6.96. The standard InChI is InChI=1S/C23H21N3O2/c27-23(24-15-14-17-16-25-20-11-5-4-10-19(17)20)26-21-12-6-7-13-22(21)28-18-8-2-1-3-9-18/h1-13,16,25H,14-15H2,(H2,24,26,27). The lowest BCUT2D eigenvalue weighted by Crippen LogP contribution is -2.30. The Morgan fingerprint density at radius 1 is 0.893 bits per heavy atom. The zero-order chi connectivity index (χ0) is 19.2. The van der Waals surface area contributed by atoms with Crippen molar-refractivity contribution in [3.05, 3.63) is 90.6 Å². The monoisotopic (exact) mass is 371 g/mol. The second-order valence-corrected chi connectivity index (χ2v) is 6.40. The van der Waals surface area contributed by atoms with Gasteiger partial charge >= 0.3 is 6.03 Å². The number of carbonyl (C=O) groups is 1. The molecule has 2 amide bonds. The second kappa shape index (κ2) is 8.31. The number of aromatic amines is 1. The fourth-order valence-electron chi connectivity index (χ4n) is 3.09. The number of anilines is 1. The van der Waals surface area contributed by atoms with Crippen LogP contribution in [0.5, 0.6) is 11.5 Å². The quantitative estimate of drug-likeness (QED) is 0.429. The number of rotatable bonds is 6. The minimum absolute atomic E-state index is 0.260. The molecule has 4 rings (SSSR count). The van der Waals surface area contributed by atoms with Crippen molar-refractivity contribution in [1.82, 2.24) is 10.3 Å². The molecule has 28 heavy (non-hydrogen) atoms. The molecular weight excluding hydrogens is 350 g/mol. The number of aromatic nitrogens is 1. The largest absolute Gasteiger partial charge is 0.455 e. The van der Waals surface area contributed by atoms with Gasteiger partial charge in [0.2, 0.25) is 0 Å². The van der Waals surface area contributed by atoms with Gasteiger partial charge in [-0.05, 0) is 42.3 Å². The fraction of sp³-hybridized carbons (Fsp3) is 0.0870. The highest BCUT2D eigenvalue weighted by Crippen LogP contribution is 2.29. The van der Waals surface area contributed by atoms with Crippen LogP contribution in [-0.2, 0) is 6.42 Å². The molecule has 3 aromatic carbocycles. The van der Waals surface area contributed by atoms with Crippen LogP contribution in [0.25, 0.3) is 10.9 Å². The molecule has 0 radical (unpaired) electrons. The molecule has 0 unspecified atom stereocenters. The van der Waals surface area contributed by atoms with E-state index in [1.165, 1.54) is 10.9 Å². The normalized spacial score (nSPS) is 10.6. The summed E-state index contributed by atoms with van der Waals surface area (Å²) in [6.07, 6.45) is 2.74. The molecule has 0 atom stereocenters. The van der Waals surface area contributed by atoms with Gasteiger partial charge in [-0.3, -0.25) is 0 Å². The van der Waals surface area contributed by atoms with E-state index >= 15 is 0 Å².